The van der Waals surface area contributed by atoms with Crippen LogP contribution < -0.4 is 0 Å². The predicted octanol–water partition coefficient (Wildman–Crippen LogP) is 3.10. The summed E-state index contributed by atoms with van der Waals surface area (Å²) in [5.74, 6) is 4.90. The number of nitrogens with zero attached hydrogens (tertiary/aromatic N) is 3. The maximum Gasteiger partial charge on any atom is 0.143 e. The summed E-state index contributed by atoms with van der Waals surface area (Å²) in [4.78, 5) is 0. The van der Waals surface area contributed by atoms with E-state index in [1.165, 1.54) is 31.5 Å². The van der Waals surface area contributed by atoms with Crippen LogP contribution in [0.3, 0.4) is 0 Å². The van der Waals surface area contributed by atoms with E-state index in [0.29, 0.717) is 5.92 Å². The zero-order chi connectivity index (χ0) is 11.1. The second-order valence-electron chi connectivity index (χ2n) is 5.13. The monoisotopic (exact) mass is 283 g/mol. The molecular weight excluding hydrogens is 266 g/mol. The zero-order valence-corrected chi connectivity index (χ0v) is 11.3. The molecule has 3 atom stereocenters. The van der Waals surface area contributed by atoms with Crippen molar-refractivity contribution < 1.29 is 0 Å². The number of rotatable bonds is 3. The molecule has 0 aliphatic heterocycles. The second kappa shape index (κ2) is 4.13. The predicted molar refractivity (Wildman–Crippen MR) is 66.5 cm³/mol. The van der Waals surface area contributed by atoms with Crippen molar-refractivity contribution in [3.63, 3.8) is 0 Å². The van der Waals surface area contributed by atoms with Crippen LogP contribution in [-0.4, -0.2) is 14.8 Å². The fraction of sp³-hybridized carbons (Fsp3) is 0.833. The fourth-order valence-electron chi connectivity index (χ4n) is 3.63. The largest absolute Gasteiger partial charge is 0.314 e. The maximum atomic E-state index is 4.44. The van der Waals surface area contributed by atoms with Crippen LogP contribution in [0, 0.1) is 11.8 Å². The van der Waals surface area contributed by atoms with Crippen molar-refractivity contribution in [2.24, 2.45) is 11.8 Å². The lowest BCUT2D eigenvalue weighted by atomic mass is 9.88. The topological polar surface area (TPSA) is 30.7 Å². The normalized spacial score (nSPS) is 32.5. The van der Waals surface area contributed by atoms with Crippen molar-refractivity contribution in [2.45, 2.75) is 50.4 Å². The Bertz CT molecular complexity index is 388. The third kappa shape index (κ3) is 1.53. The van der Waals surface area contributed by atoms with Gasteiger partial charge in [0.05, 0.1) is 5.33 Å². The van der Waals surface area contributed by atoms with Crippen molar-refractivity contribution in [2.75, 3.05) is 0 Å². The third-order valence-corrected chi connectivity index (χ3v) is 4.86. The van der Waals surface area contributed by atoms with Gasteiger partial charge >= 0.3 is 0 Å². The second-order valence-corrected chi connectivity index (χ2v) is 5.69. The molecule has 0 N–H and O–H groups in total. The lowest BCUT2D eigenvalue weighted by Gasteiger charge is -2.21. The Morgan fingerprint density at radius 1 is 1.31 bits per heavy atom. The Kier molecular flexibility index (Phi) is 2.78. The van der Waals surface area contributed by atoms with Crippen LogP contribution in [-0.2, 0) is 11.9 Å². The molecule has 3 unspecified atom stereocenters. The minimum Gasteiger partial charge on any atom is -0.314 e. The van der Waals surface area contributed by atoms with E-state index < -0.39 is 0 Å². The third-order valence-electron chi connectivity index (χ3n) is 4.36. The van der Waals surface area contributed by atoms with Gasteiger partial charge in [-0.15, -0.1) is 10.2 Å². The first-order chi connectivity index (χ1) is 7.83. The van der Waals surface area contributed by atoms with Crippen molar-refractivity contribution in [1.82, 2.24) is 14.8 Å². The van der Waals surface area contributed by atoms with Gasteiger partial charge in [0, 0.05) is 12.5 Å². The van der Waals surface area contributed by atoms with E-state index in [1.807, 2.05) is 0 Å². The lowest BCUT2D eigenvalue weighted by Crippen LogP contribution is -2.15. The van der Waals surface area contributed by atoms with Crippen LogP contribution in [0.1, 0.15) is 50.2 Å². The van der Waals surface area contributed by atoms with E-state index in [-0.39, 0.29) is 0 Å². The summed E-state index contributed by atoms with van der Waals surface area (Å²) >= 11 is 3.49. The summed E-state index contributed by atoms with van der Waals surface area (Å²) in [6.07, 6.45) is 5.65. The number of fused-ring (bicyclic) bond motifs is 2. The number of hydrogen-bond donors (Lipinski definition) is 0. The molecule has 2 saturated carbocycles. The number of hydrogen-bond acceptors (Lipinski definition) is 2. The molecule has 2 aliphatic carbocycles. The molecule has 0 saturated heterocycles. The SMILES string of the molecule is CCn1c(CBr)nnc1C1CC2CCC1C2. The van der Waals surface area contributed by atoms with Gasteiger partial charge in [-0.05, 0) is 38.0 Å². The molecule has 3 nitrogen and oxygen atoms in total. The average molecular weight is 284 g/mol. The maximum absolute atomic E-state index is 4.44. The number of alkyl halides is 1. The first-order valence-electron chi connectivity index (χ1n) is 6.31. The molecule has 2 fully saturated rings. The molecule has 2 bridgehead atoms. The van der Waals surface area contributed by atoms with E-state index in [9.17, 15) is 0 Å². The summed E-state index contributed by atoms with van der Waals surface area (Å²) in [6, 6.07) is 0. The Morgan fingerprint density at radius 3 is 2.75 bits per heavy atom. The molecule has 16 heavy (non-hydrogen) atoms. The Morgan fingerprint density at radius 2 is 2.19 bits per heavy atom. The van der Waals surface area contributed by atoms with Crippen molar-refractivity contribution in [3.05, 3.63) is 11.6 Å². The molecule has 0 spiro atoms. The summed E-state index contributed by atoms with van der Waals surface area (Å²) in [5.41, 5.74) is 0. The van der Waals surface area contributed by atoms with Gasteiger partial charge in [-0.25, -0.2) is 0 Å². The van der Waals surface area contributed by atoms with Crippen LogP contribution >= 0.6 is 15.9 Å². The van der Waals surface area contributed by atoms with Gasteiger partial charge in [0.15, 0.2) is 0 Å². The fourth-order valence-corrected chi connectivity index (χ4v) is 4.04. The zero-order valence-electron chi connectivity index (χ0n) is 9.69. The van der Waals surface area contributed by atoms with E-state index in [0.717, 1.165) is 29.5 Å². The smallest absolute Gasteiger partial charge is 0.143 e. The standard InChI is InChI=1S/C12H18BrN3/c1-2-16-11(7-13)14-15-12(16)10-6-8-3-4-9(10)5-8/h8-10H,2-7H2,1H3. The molecule has 1 aromatic heterocycles. The number of halogens is 1. The van der Waals surface area contributed by atoms with Gasteiger partial charge in [0.2, 0.25) is 0 Å². The first kappa shape index (κ1) is 10.8. The average Bonchev–Trinajstić information content (AvgIpc) is 3.01. The molecule has 1 aromatic rings. The van der Waals surface area contributed by atoms with Crippen molar-refractivity contribution >= 4 is 15.9 Å². The molecule has 88 valence electrons. The van der Waals surface area contributed by atoms with Crippen LogP contribution in [0.15, 0.2) is 0 Å². The minimum atomic E-state index is 0.694. The highest BCUT2D eigenvalue weighted by molar-refractivity contribution is 9.08. The van der Waals surface area contributed by atoms with E-state index >= 15 is 0 Å². The Hall–Kier alpha value is -0.380. The molecule has 1 heterocycles. The number of aromatic nitrogens is 3. The van der Waals surface area contributed by atoms with E-state index in [4.69, 9.17) is 0 Å². The quantitative estimate of drug-likeness (QED) is 0.798. The Labute approximate surface area is 105 Å². The van der Waals surface area contributed by atoms with Gasteiger partial charge in [0.1, 0.15) is 11.6 Å². The van der Waals surface area contributed by atoms with E-state index in [2.05, 4.69) is 37.6 Å². The summed E-state index contributed by atoms with van der Waals surface area (Å²) in [6.45, 7) is 3.18. The Balaban J connectivity index is 1.91. The highest BCUT2D eigenvalue weighted by Crippen LogP contribution is 2.52. The van der Waals surface area contributed by atoms with Crippen LogP contribution in [0.5, 0.6) is 0 Å². The first-order valence-corrected chi connectivity index (χ1v) is 7.43. The van der Waals surface area contributed by atoms with Gasteiger partial charge in [-0.1, -0.05) is 22.4 Å². The molecule has 4 heteroatoms. The van der Waals surface area contributed by atoms with Gasteiger partial charge in [-0.2, -0.15) is 0 Å². The van der Waals surface area contributed by atoms with Gasteiger partial charge < -0.3 is 4.57 Å². The van der Waals surface area contributed by atoms with Gasteiger partial charge in [0.25, 0.3) is 0 Å². The highest BCUT2D eigenvalue weighted by Gasteiger charge is 2.42. The van der Waals surface area contributed by atoms with Crippen molar-refractivity contribution in [1.29, 1.82) is 0 Å². The summed E-state index contributed by atoms with van der Waals surface area (Å²) in [7, 11) is 0. The molecular formula is C12H18BrN3. The molecule has 2 aliphatic rings. The van der Waals surface area contributed by atoms with Crippen LogP contribution in [0.4, 0.5) is 0 Å². The molecule has 0 amide bonds. The summed E-state index contributed by atoms with van der Waals surface area (Å²) < 4.78 is 2.31. The highest BCUT2D eigenvalue weighted by atomic mass is 79.9. The van der Waals surface area contributed by atoms with Crippen molar-refractivity contribution in [3.8, 4) is 0 Å². The minimum absolute atomic E-state index is 0.694. The lowest BCUT2D eigenvalue weighted by molar-refractivity contribution is 0.393. The van der Waals surface area contributed by atoms with Crippen LogP contribution in [0.2, 0.25) is 0 Å². The molecule has 0 aromatic carbocycles. The molecule has 3 rings (SSSR count). The molecule has 0 radical (unpaired) electrons. The summed E-state index contributed by atoms with van der Waals surface area (Å²) in [5, 5.41) is 9.56. The van der Waals surface area contributed by atoms with Crippen LogP contribution in [0.25, 0.3) is 0 Å². The van der Waals surface area contributed by atoms with Gasteiger partial charge in [-0.3, -0.25) is 0 Å². The van der Waals surface area contributed by atoms with E-state index in [1.54, 1.807) is 0 Å².